The van der Waals surface area contributed by atoms with E-state index in [0.717, 1.165) is 127 Å². The highest BCUT2D eigenvalue weighted by Gasteiger charge is 2.17. The molecule has 362 valence electrons. The molecule has 9 nitrogen and oxygen atoms in total. The van der Waals surface area contributed by atoms with Crippen LogP contribution < -0.4 is 9.47 Å². The third kappa shape index (κ3) is 15.5. The second-order valence-corrected chi connectivity index (χ2v) is 20.9. The summed E-state index contributed by atoms with van der Waals surface area (Å²) in [5.74, 6) is 1.79. The van der Waals surface area contributed by atoms with Gasteiger partial charge < -0.3 is 33.3 Å². The number of hydrogen-bond donors (Lipinski definition) is 2. The number of rotatable bonds is 27. The smallest absolute Gasteiger partial charge is 0.119 e. The number of fused-ring (bicyclic) bond motifs is 8. The van der Waals surface area contributed by atoms with Gasteiger partial charge >= 0.3 is 0 Å². The van der Waals surface area contributed by atoms with E-state index >= 15 is 0 Å². The van der Waals surface area contributed by atoms with Gasteiger partial charge in [-0.3, -0.25) is 0 Å². The first-order valence-corrected chi connectivity index (χ1v) is 25.8. The Hall–Kier alpha value is -5.48. The summed E-state index contributed by atoms with van der Waals surface area (Å²) in [6, 6.07) is 29.7. The molecule has 0 fully saturated rings. The van der Waals surface area contributed by atoms with Crippen molar-refractivity contribution in [1.29, 1.82) is 0 Å². The number of hydrogen-bond acceptors (Lipinski definition) is 5. The van der Waals surface area contributed by atoms with Gasteiger partial charge in [0.05, 0.1) is 90.9 Å². The van der Waals surface area contributed by atoms with E-state index in [1.807, 2.05) is 0 Å². The van der Waals surface area contributed by atoms with Gasteiger partial charge in [0, 0.05) is 65.5 Å². The summed E-state index contributed by atoms with van der Waals surface area (Å²) in [5, 5.41) is 0. The summed E-state index contributed by atoms with van der Waals surface area (Å²) < 4.78 is 14.5. The summed E-state index contributed by atoms with van der Waals surface area (Å²) in [4.78, 5) is 20.2. The van der Waals surface area contributed by atoms with E-state index in [9.17, 15) is 0 Å². The molecule has 0 spiro atoms. The number of H-pyrrole nitrogens is 2. The van der Waals surface area contributed by atoms with Gasteiger partial charge in [0.25, 0.3) is 0 Å². The molecule has 0 radical (unpaired) electrons. The number of ether oxygens (including phenoxy) is 2. The zero-order valence-corrected chi connectivity index (χ0v) is 42.6. The Balaban J connectivity index is 1.01. The molecule has 0 atom stereocenters. The molecule has 2 N–H and O–H groups in total. The summed E-state index contributed by atoms with van der Waals surface area (Å²) >= 11 is 0. The lowest BCUT2D eigenvalue weighted by Gasteiger charge is -2.31. The van der Waals surface area contributed by atoms with Crippen LogP contribution in [0.2, 0.25) is 0 Å². The predicted molar refractivity (Wildman–Crippen MR) is 289 cm³/mol. The SMILES string of the molecule is CCCCCCCCCCCCOc1ccc(-c2c3nc(cc4ccc([nH]4)c(-c4ccc(OCCC[N+](C)(C)CCCN(C)CCC[N+](C)(C)C)cc4)c4nc(cc5ccc2[nH]5)C=C4)C=C3)cc1. The van der Waals surface area contributed by atoms with Crippen LogP contribution in [0.25, 0.3) is 68.6 Å². The predicted octanol–water partition coefficient (Wildman–Crippen LogP) is 13.6. The number of unbranched alkanes of at least 4 members (excludes halogenated alkanes) is 9. The van der Waals surface area contributed by atoms with Crippen LogP contribution in [0.15, 0.2) is 84.9 Å². The minimum atomic E-state index is 0.694. The third-order valence-corrected chi connectivity index (χ3v) is 13.3. The Morgan fingerprint density at radius 1 is 0.485 bits per heavy atom. The lowest BCUT2D eigenvalue weighted by molar-refractivity contribution is -0.890. The highest BCUT2D eigenvalue weighted by molar-refractivity contribution is 5.93. The minimum absolute atomic E-state index is 0.694. The quantitative estimate of drug-likeness (QED) is 0.0397. The van der Waals surface area contributed by atoms with Gasteiger partial charge in [-0.05, 0) is 110 Å². The van der Waals surface area contributed by atoms with Crippen molar-refractivity contribution in [3.63, 3.8) is 0 Å². The number of quaternary nitrogens is 2. The number of aromatic nitrogens is 4. The molecular formula is C59H81N7O2+2. The second-order valence-electron chi connectivity index (χ2n) is 20.9. The number of benzene rings is 2. The van der Waals surface area contributed by atoms with Crippen LogP contribution in [0, 0.1) is 0 Å². The first-order chi connectivity index (χ1) is 32.9. The van der Waals surface area contributed by atoms with Gasteiger partial charge in [0.15, 0.2) is 0 Å². The van der Waals surface area contributed by atoms with Crippen molar-refractivity contribution in [2.75, 3.05) is 88.2 Å². The maximum absolute atomic E-state index is 6.30. The molecule has 68 heavy (non-hydrogen) atoms. The van der Waals surface area contributed by atoms with Gasteiger partial charge in [0.1, 0.15) is 11.5 Å². The molecule has 0 unspecified atom stereocenters. The zero-order chi connectivity index (χ0) is 47.8. The molecule has 5 heterocycles. The van der Waals surface area contributed by atoms with Crippen molar-refractivity contribution in [2.24, 2.45) is 0 Å². The van der Waals surface area contributed by atoms with E-state index in [-0.39, 0.29) is 0 Å². The Morgan fingerprint density at radius 2 is 0.926 bits per heavy atom. The van der Waals surface area contributed by atoms with E-state index in [2.05, 4.69) is 173 Å². The van der Waals surface area contributed by atoms with Crippen LogP contribution in [0.1, 0.15) is 113 Å². The fourth-order valence-electron chi connectivity index (χ4n) is 9.39. The van der Waals surface area contributed by atoms with Crippen molar-refractivity contribution >= 4 is 46.4 Å². The molecule has 0 aliphatic carbocycles. The summed E-state index contributed by atoms with van der Waals surface area (Å²) in [5.41, 5.74) is 11.8. The largest absolute Gasteiger partial charge is 0.494 e. The Morgan fingerprint density at radius 3 is 1.41 bits per heavy atom. The van der Waals surface area contributed by atoms with Crippen LogP contribution in [0.3, 0.4) is 0 Å². The van der Waals surface area contributed by atoms with Gasteiger partial charge in [-0.15, -0.1) is 0 Å². The maximum atomic E-state index is 6.30. The molecular weight excluding hydrogens is 839 g/mol. The minimum Gasteiger partial charge on any atom is -0.494 e. The standard InChI is InChI=1S/C59H81N7O2/c1-8-9-10-11-12-13-14-15-16-17-42-67-52-29-21-46(22-30-52)58-54-33-25-48(60-54)44-50-27-35-56(62-50)59(57-36-28-51(63-57)45-49-26-34-55(58)61-49)47-23-31-53(32-24-47)68-43-20-41-66(6,7)40-19-38-64(2)37-18-39-65(3,4)5/h21-36,44-45,60,63H,8-20,37-43H2,1-7H3/q+2. The van der Waals surface area contributed by atoms with E-state index in [1.54, 1.807) is 0 Å². The van der Waals surface area contributed by atoms with E-state index in [4.69, 9.17) is 19.4 Å². The van der Waals surface area contributed by atoms with E-state index < -0.39 is 0 Å². The van der Waals surface area contributed by atoms with Crippen molar-refractivity contribution < 1.29 is 18.4 Å². The average molecular weight is 920 g/mol. The molecule has 0 saturated carbocycles. The van der Waals surface area contributed by atoms with Gasteiger partial charge in [-0.25, -0.2) is 9.97 Å². The van der Waals surface area contributed by atoms with Crippen LogP contribution in [0.4, 0.5) is 0 Å². The first kappa shape index (κ1) is 50.4. The lowest BCUT2D eigenvalue weighted by atomic mass is 10.0. The highest BCUT2D eigenvalue weighted by atomic mass is 16.5. The van der Waals surface area contributed by atoms with Crippen LogP contribution >= 0.6 is 0 Å². The van der Waals surface area contributed by atoms with E-state index in [1.165, 1.54) is 83.7 Å². The Bertz CT molecular complexity index is 2580. The molecule has 2 aliphatic heterocycles. The van der Waals surface area contributed by atoms with Gasteiger partial charge in [-0.2, -0.15) is 0 Å². The summed E-state index contributed by atoms with van der Waals surface area (Å²) in [7, 11) is 13.8. The number of nitrogens with zero attached hydrogens (tertiary/aromatic N) is 5. The van der Waals surface area contributed by atoms with Crippen molar-refractivity contribution in [3.8, 4) is 33.8 Å². The fourth-order valence-corrected chi connectivity index (χ4v) is 9.39. The Labute approximate surface area is 408 Å². The summed E-state index contributed by atoms with van der Waals surface area (Å²) in [6.07, 6.45) is 25.0. The van der Waals surface area contributed by atoms with E-state index in [0.29, 0.717) is 6.61 Å². The van der Waals surface area contributed by atoms with Crippen LogP contribution in [0.5, 0.6) is 11.5 Å². The average Bonchev–Trinajstić information content (AvgIpc) is 4.16. The molecule has 5 aromatic rings. The Kier molecular flexibility index (Phi) is 18.3. The zero-order valence-electron chi connectivity index (χ0n) is 42.6. The van der Waals surface area contributed by atoms with Crippen LogP contribution in [-0.2, 0) is 0 Å². The second kappa shape index (κ2) is 24.7. The fraction of sp³-hybridized carbons (Fsp3) is 0.458. The molecule has 0 amide bonds. The van der Waals surface area contributed by atoms with Gasteiger partial charge in [-0.1, -0.05) is 89.0 Å². The normalized spacial score (nSPS) is 12.6. The van der Waals surface area contributed by atoms with Gasteiger partial charge in [0.2, 0.25) is 0 Å². The monoisotopic (exact) mass is 920 g/mol. The summed E-state index contributed by atoms with van der Waals surface area (Å²) in [6.45, 7) is 9.50. The highest BCUT2D eigenvalue weighted by Crippen LogP contribution is 2.34. The molecule has 7 rings (SSSR count). The third-order valence-electron chi connectivity index (χ3n) is 13.3. The molecule has 9 heteroatoms. The number of nitrogens with one attached hydrogen (secondary N) is 2. The molecule has 0 saturated heterocycles. The van der Waals surface area contributed by atoms with Crippen LogP contribution in [-0.4, -0.2) is 122 Å². The topological polar surface area (TPSA) is 79.1 Å². The van der Waals surface area contributed by atoms with Crippen molar-refractivity contribution in [1.82, 2.24) is 24.8 Å². The van der Waals surface area contributed by atoms with Crippen molar-refractivity contribution in [2.45, 2.75) is 90.4 Å². The maximum Gasteiger partial charge on any atom is 0.119 e. The lowest BCUT2D eigenvalue weighted by Crippen LogP contribution is -2.43. The molecule has 3 aromatic heterocycles. The molecule has 2 aromatic carbocycles. The molecule has 8 bridgehead atoms. The number of aromatic amines is 2. The molecule has 2 aliphatic rings. The van der Waals surface area contributed by atoms with Crippen molar-refractivity contribution in [3.05, 3.63) is 108 Å². The first-order valence-electron chi connectivity index (χ1n) is 25.8.